The zero-order valence-electron chi connectivity index (χ0n) is 36.1. The second kappa shape index (κ2) is 22.4. The van der Waals surface area contributed by atoms with Gasteiger partial charge in [0.2, 0.25) is 0 Å². The summed E-state index contributed by atoms with van der Waals surface area (Å²) in [6.45, 7) is 0.887. The summed E-state index contributed by atoms with van der Waals surface area (Å²) in [5.74, 6) is -4.38. The van der Waals surface area contributed by atoms with E-state index in [9.17, 15) is 49.2 Å². The van der Waals surface area contributed by atoms with Gasteiger partial charge in [-0.25, -0.2) is 30.0 Å². The minimum atomic E-state index is -3.83. The molecule has 2 N–H and O–H groups in total. The molecule has 4 aromatic carbocycles. The van der Waals surface area contributed by atoms with Gasteiger partial charge in [0.05, 0.1) is 18.7 Å². The quantitative estimate of drug-likeness (QED) is 0.128. The number of thiophene rings is 2. The second-order valence-corrected chi connectivity index (χ2v) is 22.8. The summed E-state index contributed by atoms with van der Waals surface area (Å²) in [6.07, 6.45) is 0. The van der Waals surface area contributed by atoms with Gasteiger partial charge in [0.25, 0.3) is 43.7 Å². The fraction of sp³-hybridized carbons (Fsp3) is 0.217. The number of hydrogen-bond donors (Lipinski definition) is 2. The van der Waals surface area contributed by atoms with Gasteiger partial charge in [-0.1, -0.05) is 41.4 Å². The Kier molecular flexibility index (Phi) is 16.6. The van der Waals surface area contributed by atoms with Crippen LogP contribution >= 0.6 is 45.9 Å². The monoisotopic (exact) mass is 1060 g/mol. The average Bonchev–Trinajstić information content (AvgIpc) is 4.05. The average molecular weight is 1060 g/mol. The van der Waals surface area contributed by atoms with Crippen LogP contribution in [0.2, 0.25) is 10.0 Å². The first-order chi connectivity index (χ1) is 32.9. The maximum absolute atomic E-state index is 13.9. The Hall–Kier alpha value is -5.65. The van der Waals surface area contributed by atoms with E-state index in [1.54, 1.807) is 66.7 Å². The number of hydrogen-bond acceptors (Lipinski definition) is 10. The minimum absolute atomic E-state index is 0.00121. The summed E-state index contributed by atoms with van der Waals surface area (Å²) in [5.41, 5.74) is 0.216. The number of piperazine rings is 2. The van der Waals surface area contributed by atoms with Crippen molar-refractivity contribution in [1.82, 2.24) is 29.0 Å². The van der Waals surface area contributed by atoms with E-state index in [-0.39, 0.29) is 91.2 Å². The molecular formula is C46H41Cl2F3N6O8S4. The summed E-state index contributed by atoms with van der Waals surface area (Å²) in [6, 6.07) is 28.0. The fourth-order valence-corrected chi connectivity index (χ4v) is 13.1. The number of amides is 4. The van der Waals surface area contributed by atoms with Crippen LogP contribution in [0.25, 0.3) is 0 Å². The normalized spacial score (nSPS) is 14.7. The third-order valence-corrected chi connectivity index (χ3v) is 18.3. The molecule has 0 saturated carbocycles. The van der Waals surface area contributed by atoms with Crippen LogP contribution in [0.15, 0.2) is 124 Å². The third kappa shape index (κ3) is 12.4. The molecule has 4 heterocycles. The van der Waals surface area contributed by atoms with Crippen LogP contribution in [0, 0.1) is 17.5 Å². The number of halogens is 5. The zero-order valence-corrected chi connectivity index (χ0v) is 40.9. The largest absolute Gasteiger partial charge is 0.347 e. The van der Waals surface area contributed by atoms with Crippen molar-refractivity contribution in [2.24, 2.45) is 0 Å². The zero-order chi connectivity index (χ0) is 49.5. The van der Waals surface area contributed by atoms with E-state index < -0.39 is 54.9 Å². The van der Waals surface area contributed by atoms with Crippen LogP contribution in [0.4, 0.5) is 13.2 Å². The Morgan fingerprint density at radius 3 is 1.30 bits per heavy atom. The summed E-state index contributed by atoms with van der Waals surface area (Å²) in [5, 5.41) is 6.54. The van der Waals surface area contributed by atoms with Crippen LogP contribution < -0.4 is 10.6 Å². The number of carbonyl (C=O) groups excluding carboxylic acids is 4. The number of rotatable bonds is 12. The number of sulfonamides is 2. The molecule has 2 aliphatic rings. The van der Waals surface area contributed by atoms with E-state index in [0.29, 0.717) is 30.9 Å². The van der Waals surface area contributed by atoms with Crippen molar-refractivity contribution in [2.75, 3.05) is 52.4 Å². The van der Waals surface area contributed by atoms with Gasteiger partial charge in [-0.2, -0.15) is 8.61 Å². The van der Waals surface area contributed by atoms with Crippen molar-refractivity contribution >= 4 is 89.6 Å². The van der Waals surface area contributed by atoms with E-state index in [0.717, 1.165) is 34.8 Å². The Morgan fingerprint density at radius 2 is 0.884 bits per heavy atom. The summed E-state index contributed by atoms with van der Waals surface area (Å²) >= 11 is 13.8. The highest BCUT2D eigenvalue weighted by Gasteiger charge is 2.34. The van der Waals surface area contributed by atoms with Crippen molar-refractivity contribution in [2.45, 2.75) is 21.5 Å². The van der Waals surface area contributed by atoms with Gasteiger partial charge in [0, 0.05) is 83.3 Å². The predicted octanol–water partition coefficient (Wildman–Crippen LogP) is 7.37. The van der Waals surface area contributed by atoms with Crippen molar-refractivity contribution in [3.05, 3.63) is 175 Å². The molecular weight excluding hydrogens is 1020 g/mol. The van der Waals surface area contributed by atoms with Crippen LogP contribution in [0.5, 0.6) is 0 Å². The molecule has 0 spiro atoms. The lowest BCUT2D eigenvalue weighted by Crippen LogP contribution is -2.50. The minimum Gasteiger partial charge on any atom is -0.347 e. The van der Waals surface area contributed by atoms with Crippen LogP contribution in [0.3, 0.4) is 0 Å². The van der Waals surface area contributed by atoms with E-state index in [4.69, 9.17) is 23.2 Å². The van der Waals surface area contributed by atoms with E-state index in [1.165, 1.54) is 54.8 Å². The van der Waals surface area contributed by atoms with Crippen molar-refractivity contribution in [3.63, 3.8) is 0 Å². The molecule has 0 atom stereocenters. The highest BCUT2D eigenvalue weighted by molar-refractivity contribution is 7.91. The summed E-state index contributed by atoms with van der Waals surface area (Å²) in [7, 11) is -7.57. The van der Waals surface area contributed by atoms with E-state index in [2.05, 4.69) is 10.6 Å². The maximum Gasteiger partial charge on any atom is 0.259 e. The lowest BCUT2D eigenvalue weighted by Gasteiger charge is -2.33. The van der Waals surface area contributed by atoms with Crippen LogP contribution in [0.1, 0.15) is 51.2 Å². The maximum atomic E-state index is 13.9. The Labute approximate surface area is 414 Å². The Balaban J connectivity index is 0.000000204. The molecule has 2 fully saturated rings. The van der Waals surface area contributed by atoms with Gasteiger partial charge in [0.15, 0.2) is 0 Å². The molecule has 0 radical (unpaired) electrons. The number of nitrogens with one attached hydrogen (secondary N) is 2. The molecule has 6 aromatic rings. The standard InChI is InChI=1S/C23H20ClF2N3O4S2.C23H21ClFN3O4S2/c24-16-6-4-15(5-7-16)22(30)27-14-17-8-9-20(34-17)35(32,33)29-12-10-28(11-13-29)23(31)21-18(25)2-1-3-19(21)26;24-17-7-5-16(6-8-17)22(29)26-15-18-9-10-21(33-18)34(31,32)28-13-11-27(12-14-28)23(30)19-3-1-2-4-20(19)25/h1-9H,10-14H2,(H,27,30);1-10H,11-15H2,(H,26,29). The molecule has 0 unspecified atom stereocenters. The molecule has 69 heavy (non-hydrogen) atoms. The van der Waals surface area contributed by atoms with Crippen molar-refractivity contribution in [1.29, 1.82) is 0 Å². The van der Waals surface area contributed by atoms with Gasteiger partial charge in [-0.15, -0.1) is 22.7 Å². The van der Waals surface area contributed by atoms with E-state index >= 15 is 0 Å². The molecule has 0 aliphatic carbocycles. The molecule has 362 valence electrons. The van der Waals surface area contributed by atoms with Gasteiger partial charge in [-0.05, 0) is 97.1 Å². The first-order valence-corrected chi connectivity index (χ1v) is 26.2. The first-order valence-electron chi connectivity index (χ1n) is 20.9. The van der Waals surface area contributed by atoms with Crippen LogP contribution in [-0.2, 0) is 33.1 Å². The summed E-state index contributed by atoms with van der Waals surface area (Å²) < 4.78 is 96.9. The molecule has 0 bridgehead atoms. The molecule has 2 aliphatic heterocycles. The molecule has 2 aromatic heterocycles. The van der Waals surface area contributed by atoms with Gasteiger partial charge in [-0.3, -0.25) is 19.2 Å². The smallest absolute Gasteiger partial charge is 0.259 e. The molecule has 23 heteroatoms. The first kappa shape index (κ1) is 51.2. The van der Waals surface area contributed by atoms with Crippen LogP contribution in [-0.4, -0.2) is 111 Å². The Bertz CT molecular complexity index is 3050. The Morgan fingerprint density at radius 1 is 0.493 bits per heavy atom. The highest BCUT2D eigenvalue weighted by atomic mass is 35.5. The van der Waals surface area contributed by atoms with Gasteiger partial charge < -0.3 is 20.4 Å². The molecule has 2 saturated heterocycles. The molecule has 8 rings (SSSR count). The number of carbonyl (C=O) groups is 4. The van der Waals surface area contributed by atoms with Gasteiger partial charge >= 0.3 is 0 Å². The third-order valence-electron chi connectivity index (χ3n) is 10.9. The van der Waals surface area contributed by atoms with Crippen molar-refractivity contribution < 1.29 is 49.2 Å². The SMILES string of the molecule is O=C(NCc1ccc(S(=O)(=O)N2CCN(C(=O)c3c(F)cccc3F)CC2)s1)c1ccc(Cl)cc1.O=C(NCc1ccc(S(=O)(=O)N2CCN(C(=O)c3ccccc3F)CC2)s1)c1ccc(Cl)cc1. The van der Waals surface area contributed by atoms with Crippen molar-refractivity contribution in [3.8, 4) is 0 Å². The second-order valence-electron chi connectivity index (χ2n) is 15.3. The lowest BCUT2D eigenvalue weighted by molar-refractivity contribution is 0.0683. The van der Waals surface area contributed by atoms with Gasteiger partial charge in [0.1, 0.15) is 31.4 Å². The summed E-state index contributed by atoms with van der Waals surface area (Å²) in [4.78, 5) is 53.7. The number of nitrogens with zero attached hydrogens (tertiary/aromatic N) is 4. The fourth-order valence-electron chi connectivity index (χ4n) is 7.11. The highest BCUT2D eigenvalue weighted by Crippen LogP contribution is 2.28. The number of benzene rings is 4. The lowest BCUT2D eigenvalue weighted by atomic mass is 10.1. The predicted molar refractivity (Wildman–Crippen MR) is 256 cm³/mol. The van der Waals surface area contributed by atoms with E-state index in [1.807, 2.05) is 0 Å². The topological polar surface area (TPSA) is 174 Å². The molecule has 14 nitrogen and oxygen atoms in total. The molecule has 4 amide bonds.